The zero-order chi connectivity index (χ0) is 75.1. The summed E-state index contributed by atoms with van der Waals surface area (Å²) in [5, 5.41) is 10.1. The van der Waals surface area contributed by atoms with Crippen molar-refractivity contribution >= 4 is 98.1 Å². The number of benzene rings is 14. The molecule has 20 rings (SSSR count). The van der Waals surface area contributed by atoms with E-state index < -0.39 is 5.41 Å². The molecule has 0 spiro atoms. The first-order chi connectivity index (χ1) is 53.2. The summed E-state index contributed by atoms with van der Waals surface area (Å²) in [6.07, 6.45) is 0. The molecule has 0 unspecified atom stereocenters. The van der Waals surface area contributed by atoms with Crippen molar-refractivity contribution in [3.05, 3.63) is 341 Å². The van der Waals surface area contributed by atoms with E-state index in [-0.39, 0.29) is 16.2 Å². The van der Waals surface area contributed by atoms with Crippen molar-refractivity contribution in [1.29, 1.82) is 0 Å². The maximum atomic E-state index is 5.16. The largest absolute Gasteiger partial charge is 0.310 e. The fourth-order valence-electron chi connectivity index (χ4n) is 16.9. The van der Waals surface area contributed by atoms with Crippen molar-refractivity contribution in [3.63, 3.8) is 0 Å². The van der Waals surface area contributed by atoms with Crippen molar-refractivity contribution in [2.24, 2.45) is 0 Å². The summed E-state index contributed by atoms with van der Waals surface area (Å²) in [4.78, 5) is 32.7. The standard InChI is InChI=1S/C60H53N5.C40H27BrN4/c1-58(2,3)42-25-29-44(30-26-42)64(45-31-27-43(28-32-45)59(4,5)6)46-36-48-53-47-22-16-15-17-38(47)23-34-52(53)65-51-33-24-41(35-49(51)60(7,8)50(37-46)54(48)65)57-62-55(39-18-11-9-12-19-39)61-56(63-57)40-20-13-10-14-21-40;1-40(2)31-21-27(39-43-37(25-12-5-3-6-13-25)42-38(44-39)26-14-7-4-8-15-26)18-19-33(31)45-34-20-17-24-11-9-10-16-29(24)35(34)30-22-28(41)23-32(40)36(30)45/h9-37H,1-8H3;3-23H,1-2H3. The van der Waals surface area contributed by atoms with Gasteiger partial charge in [-0.15, -0.1) is 0 Å². The van der Waals surface area contributed by atoms with Gasteiger partial charge in [-0.25, -0.2) is 29.9 Å². The summed E-state index contributed by atoms with van der Waals surface area (Å²) in [6, 6.07) is 109. The van der Waals surface area contributed by atoms with Gasteiger partial charge in [-0.3, -0.25) is 0 Å². The second-order valence-electron chi connectivity index (χ2n) is 32.5. The molecule has 0 aliphatic carbocycles. The molecule has 0 atom stereocenters. The Bertz CT molecular complexity index is 6540. The number of anilines is 3. The predicted octanol–water partition coefficient (Wildman–Crippen LogP) is 26.4. The van der Waals surface area contributed by atoms with Crippen molar-refractivity contribution in [2.75, 3.05) is 4.90 Å². The van der Waals surface area contributed by atoms with Crippen LogP contribution in [0.2, 0.25) is 0 Å². The number of rotatable bonds is 9. The summed E-state index contributed by atoms with van der Waals surface area (Å²) in [6.45, 7) is 23.1. The van der Waals surface area contributed by atoms with Gasteiger partial charge in [0.2, 0.25) is 0 Å². The van der Waals surface area contributed by atoms with Gasteiger partial charge in [0.05, 0.1) is 33.4 Å². The van der Waals surface area contributed by atoms with Gasteiger partial charge < -0.3 is 14.0 Å². The van der Waals surface area contributed by atoms with E-state index in [1.54, 1.807) is 0 Å². The van der Waals surface area contributed by atoms with Crippen LogP contribution < -0.4 is 4.90 Å². The Labute approximate surface area is 649 Å². The molecule has 6 heterocycles. The number of halogens is 1. The second kappa shape index (κ2) is 25.9. The molecule has 2 aliphatic rings. The summed E-state index contributed by atoms with van der Waals surface area (Å²) in [7, 11) is 0. The molecule has 14 aromatic carbocycles. The molecule has 110 heavy (non-hydrogen) atoms. The van der Waals surface area contributed by atoms with E-state index in [0.29, 0.717) is 34.9 Å². The highest BCUT2D eigenvalue weighted by molar-refractivity contribution is 9.10. The van der Waals surface area contributed by atoms with E-state index in [9.17, 15) is 0 Å². The lowest BCUT2D eigenvalue weighted by atomic mass is 9.74. The van der Waals surface area contributed by atoms with Crippen LogP contribution in [0.25, 0.3) is 145 Å². The number of aromatic nitrogens is 8. The number of nitrogens with zero attached hydrogens (tertiary/aromatic N) is 9. The molecule has 0 saturated carbocycles. The minimum Gasteiger partial charge on any atom is -0.310 e. The topological polar surface area (TPSA) is 90.4 Å². The third-order valence-corrected chi connectivity index (χ3v) is 23.2. The monoisotopic (exact) mass is 1490 g/mol. The molecule has 0 fully saturated rings. The first kappa shape index (κ1) is 68.1. The van der Waals surface area contributed by atoms with Crippen molar-refractivity contribution < 1.29 is 0 Å². The fourth-order valence-corrected chi connectivity index (χ4v) is 17.4. The summed E-state index contributed by atoms with van der Waals surface area (Å²) in [5.41, 5.74) is 23.4. The van der Waals surface area contributed by atoms with E-state index in [1.165, 1.54) is 110 Å². The van der Waals surface area contributed by atoms with E-state index in [0.717, 1.165) is 54.9 Å². The SMILES string of the molecule is CC(C)(C)c1ccc(N(c2ccc(C(C)(C)C)cc2)c2cc3c4c(c2)c2c5ccccc5ccc2n4-c2ccc(-c4nc(-c5ccccc5)nc(-c5ccccc5)n4)cc2C3(C)C)cc1.CC1(C)c2cc(-c3nc(-c4ccccc4)nc(-c4ccccc4)n3)ccc2-n2c3ccc4ccccc4c3c3cc(Br)cc1c32. The van der Waals surface area contributed by atoms with E-state index in [4.69, 9.17) is 29.9 Å². The lowest BCUT2D eigenvalue weighted by molar-refractivity contribution is 0.590. The molecule has 0 bridgehead atoms. The Hall–Kier alpha value is -12.5. The fraction of sp³-hybridized carbons (Fsp3) is 0.140. The number of hydrogen-bond acceptors (Lipinski definition) is 7. The molecule has 18 aromatic rings. The number of hydrogen-bond donors (Lipinski definition) is 0. The second-order valence-corrected chi connectivity index (χ2v) is 33.4. The van der Waals surface area contributed by atoms with Gasteiger partial charge in [-0.1, -0.05) is 291 Å². The molecule has 0 amide bonds. The summed E-state index contributed by atoms with van der Waals surface area (Å²) >= 11 is 3.87. The average Bonchev–Trinajstić information content (AvgIpc) is 1.52. The average molecular weight is 1490 g/mol. The van der Waals surface area contributed by atoms with Crippen LogP contribution in [-0.4, -0.2) is 39.0 Å². The molecule has 0 saturated heterocycles. The highest BCUT2D eigenvalue weighted by Gasteiger charge is 2.39. The van der Waals surface area contributed by atoms with Crippen LogP contribution in [0, 0.1) is 0 Å². The highest BCUT2D eigenvalue weighted by Crippen LogP contribution is 2.54. The lowest BCUT2D eigenvalue weighted by Crippen LogP contribution is -2.27. The van der Waals surface area contributed by atoms with E-state index in [1.807, 2.05) is 97.1 Å². The third-order valence-electron chi connectivity index (χ3n) is 22.8. The van der Waals surface area contributed by atoms with Crippen molar-refractivity contribution in [2.45, 2.75) is 90.9 Å². The van der Waals surface area contributed by atoms with Gasteiger partial charge in [0, 0.05) is 87.3 Å². The Kier molecular flexibility index (Phi) is 16.0. The smallest absolute Gasteiger partial charge is 0.164 e. The zero-order valence-corrected chi connectivity index (χ0v) is 64.9. The molecule has 2 aliphatic heterocycles. The molecular weight excluding hydrogens is 1410 g/mol. The minimum atomic E-state index is -0.421. The first-order valence-corrected chi connectivity index (χ1v) is 38.7. The molecule has 9 nitrogen and oxygen atoms in total. The molecule has 0 radical (unpaired) electrons. The van der Waals surface area contributed by atoms with Crippen LogP contribution in [0.1, 0.15) is 103 Å². The van der Waals surface area contributed by atoms with E-state index in [2.05, 4.69) is 305 Å². The maximum Gasteiger partial charge on any atom is 0.164 e. The van der Waals surface area contributed by atoms with Crippen molar-refractivity contribution in [3.8, 4) is 79.7 Å². The molecule has 532 valence electrons. The maximum absolute atomic E-state index is 5.16. The molecular formula is C100H80BrN9. The Morgan fingerprint density at radius 1 is 0.291 bits per heavy atom. The van der Waals surface area contributed by atoms with E-state index >= 15 is 0 Å². The van der Waals surface area contributed by atoms with Gasteiger partial charge in [-0.2, -0.15) is 0 Å². The highest BCUT2D eigenvalue weighted by atomic mass is 79.9. The zero-order valence-electron chi connectivity index (χ0n) is 63.3. The molecule has 0 N–H and O–H groups in total. The van der Waals surface area contributed by atoms with Crippen LogP contribution >= 0.6 is 15.9 Å². The van der Waals surface area contributed by atoms with Crippen LogP contribution in [0.5, 0.6) is 0 Å². The summed E-state index contributed by atoms with van der Waals surface area (Å²) in [5.74, 6) is 3.93. The van der Waals surface area contributed by atoms with Crippen LogP contribution in [0.15, 0.2) is 308 Å². The van der Waals surface area contributed by atoms with Gasteiger partial charge in [0.25, 0.3) is 0 Å². The van der Waals surface area contributed by atoms with Gasteiger partial charge in [-0.05, 0) is 163 Å². The Morgan fingerprint density at radius 2 is 0.627 bits per heavy atom. The van der Waals surface area contributed by atoms with Crippen LogP contribution in [-0.2, 0) is 21.7 Å². The number of fused-ring (bicyclic) bond motifs is 14. The van der Waals surface area contributed by atoms with Crippen molar-refractivity contribution in [1.82, 2.24) is 39.0 Å². The molecule has 4 aromatic heterocycles. The minimum absolute atomic E-state index is 0.0352. The predicted molar refractivity (Wildman–Crippen MR) is 460 cm³/mol. The van der Waals surface area contributed by atoms with Gasteiger partial charge in [0.1, 0.15) is 0 Å². The van der Waals surface area contributed by atoms with Gasteiger partial charge in [0.15, 0.2) is 34.9 Å². The lowest BCUT2D eigenvalue weighted by Gasteiger charge is -2.36. The Morgan fingerprint density at radius 3 is 1.00 bits per heavy atom. The third kappa shape index (κ3) is 11.4. The normalized spacial score (nSPS) is 13.4. The van der Waals surface area contributed by atoms with Crippen LogP contribution in [0.4, 0.5) is 17.1 Å². The van der Waals surface area contributed by atoms with Gasteiger partial charge >= 0.3 is 0 Å². The summed E-state index contributed by atoms with van der Waals surface area (Å²) < 4.78 is 6.06. The Balaban J connectivity index is 0.000000159. The van der Waals surface area contributed by atoms with Crippen LogP contribution in [0.3, 0.4) is 0 Å². The molecule has 10 heteroatoms. The quantitative estimate of drug-likeness (QED) is 0.142. The first-order valence-electron chi connectivity index (χ1n) is 37.9.